The molecule has 232 valence electrons. The van der Waals surface area contributed by atoms with Crippen LogP contribution in [-0.4, -0.2) is 31.0 Å². The van der Waals surface area contributed by atoms with Gasteiger partial charge in [0.2, 0.25) is 0 Å². The molecule has 0 fully saturated rings. The molecule has 0 radical (unpaired) electrons. The number of halogens is 2. The van der Waals surface area contributed by atoms with Crippen LogP contribution in [0, 0.1) is 0 Å². The van der Waals surface area contributed by atoms with Crippen molar-refractivity contribution < 1.29 is 14.6 Å². The smallest absolute Gasteiger partial charge is 0.251 e. The highest BCUT2D eigenvalue weighted by molar-refractivity contribution is 6.34. The summed E-state index contributed by atoms with van der Waals surface area (Å²) in [6, 6.07) is 15.5. The van der Waals surface area contributed by atoms with Crippen molar-refractivity contribution in [3.05, 3.63) is 131 Å². The van der Waals surface area contributed by atoms with Gasteiger partial charge < -0.3 is 20.5 Å². The Kier molecular flexibility index (Phi) is 14.5. The van der Waals surface area contributed by atoms with Crippen LogP contribution in [0.25, 0.3) is 16.9 Å². The molecule has 0 heterocycles. The summed E-state index contributed by atoms with van der Waals surface area (Å²) in [5.74, 6) is 0.582. The highest BCUT2D eigenvalue weighted by atomic mass is 35.5. The molecule has 3 rings (SSSR count). The summed E-state index contributed by atoms with van der Waals surface area (Å²) >= 11 is 12.8. The van der Waals surface area contributed by atoms with Crippen LogP contribution in [0.4, 0.5) is 0 Å². The first-order valence-corrected chi connectivity index (χ1v) is 14.9. The Balaban J connectivity index is 0.00000159. The average molecular weight is 635 g/mol. The maximum absolute atomic E-state index is 13.5. The zero-order chi connectivity index (χ0) is 32.8. The zero-order valence-corrected chi connectivity index (χ0v) is 27.5. The van der Waals surface area contributed by atoms with Gasteiger partial charge in [0.25, 0.3) is 5.91 Å². The Morgan fingerprint density at radius 1 is 1.07 bits per heavy atom. The van der Waals surface area contributed by atoms with Crippen molar-refractivity contribution in [3.63, 3.8) is 0 Å². The number of amides is 1. The van der Waals surface area contributed by atoms with E-state index in [-0.39, 0.29) is 17.7 Å². The number of ether oxygens (including phenoxy) is 1. The number of nitrogens with one attached hydrogen (secondary N) is 2. The normalized spacial score (nSPS) is 11.7. The zero-order valence-electron chi connectivity index (χ0n) is 26.0. The molecule has 0 aliphatic heterocycles. The third kappa shape index (κ3) is 9.37. The van der Waals surface area contributed by atoms with E-state index in [0.717, 1.165) is 12.0 Å². The molecule has 0 saturated carbocycles. The van der Waals surface area contributed by atoms with Gasteiger partial charge in [0, 0.05) is 50.6 Å². The second kappa shape index (κ2) is 17.8. The molecule has 0 saturated heterocycles. The Bertz CT molecular complexity index is 1560. The predicted molar refractivity (Wildman–Crippen MR) is 187 cm³/mol. The number of aliphatic hydroxyl groups excluding tert-OH is 1. The van der Waals surface area contributed by atoms with Crippen molar-refractivity contribution >= 4 is 40.7 Å². The first-order chi connectivity index (χ1) is 21.1. The fraction of sp³-hybridized carbons (Fsp3) is 0.222. The van der Waals surface area contributed by atoms with Crippen LogP contribution in [0.3, 0.4) is 0 Å². The van der Waals surface area contributed by atoms with E-state index in [1.807, 2.05) is 45.1 Å². The quantitative estimate of drug-likeness (QED) is 0.0645. The Morgan fingerprint density at radius 3 is 2.34 bits per heavy atom. The number of allylic oxidation sites excluding steroid dienone is 3. The standard InChI is InChI=1S/C32H33Cl2N3O3.C4H8/c1-7-10-28(24-16-14-22(33)18-29(24)40-6)37-32(39)21-13-15-23(26(17-21)20(4)38)30-25(11-9-12-27(30)34)31(35-5)36-19(3)8-2;1-3-4-2/h8-9,11-18,28,38H,2-4,7,10H2,1,5-6H3,(H,35,36)(H,37,39);3-4H,1-2H3/b;4-3-. The van der Waals surface area contributed by atoms with Gasteiger partial charge in [-0.3, -0.25) is 9.79 Å². The van der Waals surface area contributed by atoms with Crippen LogP contribution in [0.1, 0.15) is 66.7 Å². The molecule has 1 unspecified atom stereocenters. The largest absolute Gasteiger partial charge is 0.508 e. The van der Waals surface area contributed by atoms with E-state index < -0.39 is 0 Å². The summed E-state index contributed by atoms with van der Waals surface area (Å²) in [4.78, 5) is 17.8. The molecule has 0 aliphatic rings. The summed E-state index contributed by atoms with van der Waals surface area (Å²) in [6.07, 6.45) is 7.10. The number of methoxy groups -OCH3 is 1. The predicted octanol–water partition coefficient (Wildman–Crippen LogP) is 9.72. The van der Waals surface area contributed by atoms with Gasteiger partial charge >= 0.3 is 0 Å². The molecule has 1 amide bonds. The number of aliphatic hydroxyl groups is 1. The van der Waals surface area contributed by atoms with Gasteiger partial charge in [-0.05, 0) is 62.2 Å². The van der Waals surface area contributed by atoms with Crippen LogP contribution < -0.4 is 15.4 Å². The Morgan fingerprint density at radius 2 is 1.77 bits per heavy atom. The lowest BCUT2D eigenvalue weighted by molar-refractivity contribution is 0.0934. The molecule has 8 heteroatoms. The van der Waals surface area contributed by atoms with Crippen LogP contribution in [-0.2, 0) is 0 Å². The molecular formula is C36H41Cl2N3O3. The Labute approximate surface area is 271 Å². The molecule has 0 aliphatic carbocycles. The molecule has 44 heavy (non-hydrogen) atoms. The van der Waals surface area contributed by atoms with Gasteiger partial charge in [0.15, 0.2) is 0 Å². The molecule has 3 aromatic carbocycles. The molecule has 6 nitrogen and oxygen atoms in total. The number of carbonyl (C=O) groups is 1. The molecule has 0 aromatic heterocycles. The molecule has 3 N–H and O–H groups in total. The van der Waals surface area contributed by atoms with E-state index in [2.05, 4.69) is 35.4 Å². The number of benzene rings is 3. The minimum absolute atomic E-state index is 0.210. The van der Waals surface area contributed by atoms with Gasteiger partial charge in [-0.15, -0.1) is 0 Å². The third-order valence-corrected chi connectivity index (χ3v) is 7.22. The maximum Gasteiger partial charge on any atom is 0.251 e. The highest BCUT2D eigenvalue weighted by Crippen LogP contribution is 2.37. The lowest BCUT2D eigenvalue weighted by Gasteiger charge is -2.22. The second-order valence-electron chi connectivity index (χ2n) is 9.66. The lowest BCUT2D eigenvalue weighted by Crippen LogP contribution is -2.29. The van der Waals surface area contributed by atoms with E-state index in [1.165, 1.54) is 0 Å². The van der Waals surface area contributed by atoms with Crippen molar-refractivity contribution in [1.29, 1.82) is 0 Å². The topological polar surface area (TPSA) is 83.0 Å². The van der Waals surface area contributed by atoms with Gasteiger partial charge in [0.1, 0.15) is 17.3 Å². The summed E-state index contributed by atoms with van der Waals surface area (Å²) < 4.78 is 5.52. The van der Waals surface area contributed by atoms with Gasteiger partial charge in [-0.1, -0.05) is 92.7 Å². The molecular weight excluding hydrogens is 593 g/mol. The monoisotopic (exact) mass is 633 g/mol. The number of carbonyl (C=O) groups excluding carboxylic acids is 1. The SMILES string of the molecule is C/C=C\C.C=CC(=C)NC(=NC)c1cccc(Cl)c1-c1ccc(C(=O)NC(CCC)c2ccc(Cl)cc2OC)cc1C(=C)O. The summed E-state index contributed by atoms with van der Waals surface area (Å²) in [5, 5.41) is 17.8. The lowest BCUT2D eigenvalue weighted by atomic mass is 9.92. The van der Waals surface area contributed by atoms with Crippen LogP contribution in [0.5, 0.6) is 5.75 Å². The maximum atomic E-state index is 13.5. The number of amidine groups is 1. The van der Waals surface area contributed by atoms with E-state index >= 15 is 0 Å². The van der Waals surface area contributed by atoms with Gasteiger partial charge in [-0.25, -0.2) is 0 Å². The number of nitrogens with zero attached hydrogens (tertiary/aromatic N) is 1. The first-order valence-electron chi connectivity index (χ1n) is 14.1. The van der Waals surface area contributed by atoms with E-state index in [0.29, 0.717) is 61.6 Å². The minimum Gasteiger partial charge on any atom is -0.508 e. The molecule has 3 aromatic rings. The third-order valence-electron chi connectivity index (χ3n) is 6.67. The average Bonchev–Trinajstić information content (AvgIpc) is 3.02. The van der Waals surface area contributed by atoms with E-state index in [9.17, 15) is 9.90 Å². The summed E-state index contributed by atoms with van der Waals surface area (Å²) in [5.41, 5.74) is 3.96. The first kappa shape index (κ1) is 35.9. The van der Waals surface area contributed by atoms with Crippen molar-refractivity contribution in [2.24, 2.45) is 4.99 Å². The summed E-state index contributed by atoms with van der Waals surface area (Å²) in [7, 11) is 3.21. The van der Waals surface area contributed by atoms with Crippen LogP contribution >= 0.6 is 23.2 Å². The Hall–Kier alpha value is -4.26. The van der Waals surface area contributed by atoms with Crippen molar-refractivity contribution in [1.82, 2.24) is 10.6 Å². The number of hydrogen-bond donors (Lipinski definition) is 3. The summed E-state index contributed by atoms with van der Waals surface area (Å²) in [6.45, 7) is 17.4. The van der Waals surface area contributed by atoms with Crippen molar-refractivity contribution in [2.45, 2.75) is 39.7 Å². The van der Waals surface area contributed by atoms with E-state index in [1.54, 1.807) is 62.7 Å². The highest BCUT2D eigenvalue weighted by Gasteiger charge is 2.22. The molecule has 1 atom stereocenters. The van der Waals surface area contributed by atoms with Crippen molar-refractivity contribution in [3.8, 4) is 16.9 Å². The second-order valence-corrected chi connectivity index (χ2v) is 10.5. The fourth-order valence-electron chi connectivity index (χ4n) is 4.39. The molecule has 0 spiro atoms. The van der Waals surface area contributed by atoms with Gasteiger partial charge in [0.05, 0.1) is 13.2 Å². The van der Waals surface area contributed by atoms with Gasteiger partial charge in [-0.2, -0.15) is 0 Å². The van der Waals surface area contributed by atoms with Crippen LogP contribution in [0.2, 0.25) is 10.0 Å². The molecule has 0 bridgehead atoms. The van der Waals surface area contributed by atoms with E-state index in [4.69, 9.17) is 27.9 Å². The fourth-order valence-corrected chi connectivity index (χ4v) is 4.83. The van der Waals surface area contributed by atoms with Crippen molar-refractivity contribution in [2.75, 3.05) is 14.2 Å². The number of aliphatic imine (C=N–C) groups is 1. The minimum atomic E-state index is -0.316. The number of hydrogen-bond acceptors (Lipinski definition) is 4. The van der Waals surface area contributed by atoms with Crippen LogP contribution in [0.15, 0.2) is 103 Å². The number of rotatable bonds is 11.